The maximum Gasteiger partial charge on any atom is 0.259 e. The maximum absolute atomic E-state index is 12.8. The van der Waals surface area contributed by atoms with Crippen molar-refractivity contribution in [1.29, 1.82) is 0 Å². The summed E-state index contributed by atoms with van der Waals surface area (Å²) in [6.07, 6.45) is 4.67. The number of carbonyl (C=O) groups is 2. The number of piperidine rings is 1. The Labute approximate surface area is 232 Å². The van der Waals surface area contributed by atoms with E-state index in [0.717, 1.165) is 37.3 Å². The molecule has 1 aliphatic rings. The molecule has 3 aromatic carbocycles. The summed E-state index contributed by atoms with van der Waals surface area (Å²) >= 11 is 6.51. The van der Waals surface area contributed by atoms with Crippen LogP contribution in [0.4, 0.5) is 28.4 Å². The van der Waals surface area contributed by atoms with Crippen LogP contribution in [0.3, 0.4) is 0 Å². The molecule has 1 aliphatic heterocycles. The van der Waals surface area contributed by atoms with E-state index in [0.29, 0.717) is 33.2 Å². The summed E-state index contributed by atoms with van der Waals surface area (Å²) in [5, 5.41) is 16.4. The number of aliphatic hydroxyl groups is 1. The third-order valence-corrected chi connectivity index (χ3v) is 7.18. The molecule has 2 heterocycles. The van der Waals surface area contributed by atoms with Crippen LogP contribution in [0.15, 0.2) is 85.2 Å². The Hall–Kier alpha value is -4.27. The topological polar surface area (TPSA) is 101 Å². The first-order valence-corrected chi connectivity index (χ1v) is 13.2. The lowest BCUT2D eigenvalue weighted by atomic mass is 10.1. The molecule has 8 nitrogen and oxygen atoms in total. The van der Waals surface area contributed by atoms with Gasteiger partial charge in [-0.3, -0.25) is 9.59 Å². The van der Waals surface area contributed by atoms with Crippen molar-refractivity contribution in [2.75, 3.05) is 40.6 Å². The molecule has 9 heteroatoms. The van der Waals surface area contributed by atoms with E-state index in [-0.39, 0.29) is 17.9 Å². The Bertz CT molecular complexity index is 1430. The molecule has 0 aliphatic carbocycles. The van der Waals surface area contributed by atoms with E-state index in [1.807, 2.05) is 60.7 Å². The molecule has 1 fully saturated rings. The summed E-state index contributed by atoms with van der Waals surface area (Å²) in [5.74, 6) is -0.322. The first kappa shape index (κ1) is 26.3. The number of aromatic amines is 1. The summed E-state index contributed by atoms with van der Waals surface area (Å²) in [6.45, 7) is 1.63. The predicted molar refractivity (Wildman–Crippen MR) is 157 cm³/mol. The number of benzene rings is 3. The predicted octanol–water partition coefficient (Wildman–Crippen LogP) is 5.90. The van der Waals surface area contributed by atoms with Crippen molar-refractivity contribution in [3.8, 4) is 0 Å². The molecule has 200 valence electrons. The lowest BCUT2D eigenvalue weighted by molar-refractivity contribution is 0.0991. The van der Waals surface area contributed by atoms with Crippen LogP contribution in [0.5, 0.6) is 0 Å². The number of nitrogens with zero attached hydrogens (tertiary/aromatic N) is 2. The molecule has 39 heavy (non-hydrogen) atoms. The highest BCUT2D eigenvalue weighted by molar-refractivity contribution is 6.33. The fourth-order valence-electron chi connectivity index (χ4n) is 4.53. The smallest absolute Gasteiger partial charge is 0.259 e. The first-order valence-electron chi connectivity index (χ1n) is 12.8. The van der Waals surface area contributed by atoms with Crippen molar-refractivity contribution in [2.45, 2.75) is 18.9 Å². The molecule has 1 aromatic heterocycles. The average Bonchev–Trinajstić information content (AvgIpc) is 3.50. The fraction of sp³-hybridized carbons (Fsp3) is 0.200. The molecular weight excluding hydrogens is 514 g/mol. The number of hydrogen-bond acceptors (Lipinski definition) is 5. The number of carbonyl (C=O) groups excluding carboxylic acids is 2. The largest absolute Gasteiger partial charge is 0.393 e. The van der Waals surface area contributed by atoms with Gasteiger partial charge in [-0.05, 0) is 85.6 Å². The highest BCUT2D eigenvalue weighted by atomic mass is 35.5. The Balaban J connectivity index is 1.17. The lowest BCUT2D eigenvalue weighted by Crippen LogP contribution is -2.35. The fourth-order valence-corrected chi connectivity index (χ4v) is 4.75. The zero-order chi connectivity index (χ0) is 27.4. The van der Waals surface area contributed by atoms with Crippen LogP contribution in [0.2, 0.25) is 5.02 Å². The van der Waals surface area contributed by atoms with Gasteiger partial charge in [-0.1, -0.05) is 11.6 Å². The maximum atomic E-state index is 12.8. The van der Waals surface area contributed by atoms with Crippen LogP contribution in [0.1, 0.15) is 33.6 Å². The molecule has 0 unspecified atom stereocenters. The number of aromatic nitrogens is 1. The van der Waals surface area contributed by atoms with Gasteiger partial charge in [-0.2, -0.15) is 0 Å². The van der Waals surface area contributed by atoms with Crippen LogP contribution in [-0.4, -0.2) is 48.1 Å². The van der Waals surface area contributed by atoms with Gasteiger partial charge in [0.05, 0.1) is 22.4 Å². The van der Waals surface area contributed by atoms with Crippen LogP contribution < -0.4 is 20.4 Å². The average molecular weight is 544 g/mol. The van der Waals surface area contributed by atoms with Crippen LogP contribution in [0.25, 0.3) is 0 Å². The number of anilines is 5. The number of H-pyrrole nitrogens is 1. The van der Waals surface area contributed by atoms with E-state index in [4.69, 9.17) is 11.6 Å². The summed E-state index contributed by atoms with van der Waals surface area (Å²) in [7, 11) is 1.70. The Morgan fingerprint density at radius 1 is 0.949 bits per heavy atom. The van der Waals surface area contributed by atoms with Gasteiger partial charge < -0.3 is 30.5 Å². The Kier molecular flexibility index (Phi) is 7.86. The second-order valence-electron chi connectivity index (χ2n) is 9.55. The van der Waals surface area contributed by atoms with Crippen LogP contribution in [0, 0.1) is 0 Å². The van der Waals surface area contributed by atoms with Crippen LogP contribution >= 0.6 is 11.6 Å². The molecule has 4 aromatic rings. The highest BCUT2D eigenvalue weighted by Crippen LogP contribution is 2.30. The van der Waals surface area contributed by atoms with Gasteiger partial charge in [0, 0.05) is 60.8 Å². The summed E-state index contributed by atoms with van der Waals surface area (Å²) < 4.78 is 0. The van der Waals surface area contributed by atoms with E-state index in [1.54, 1.807) is 36.5 Å². The molecule has 5 rings (SSSR count). The molecular formula is C30H30ClN5O3. The normalized spacial score (nSPS) is 13.7. The Morgan fingerprint density at radius 3 is 2.28 bits per heavy atom. The molecule has 1 saturated heterocycles. The summed E-state index contributed by atoms with van der Waals surface area (Å²) in [6, 6.07) is 22.0. The van der Waals surface area contributed by atoms with Gasteiger partial charge in [0.25, 0.3) is 11.8 Å². The number of rotatable bonds is 7. The zero-order valence-electron chi connectivity index (χ0n) is 21.5. The summed E-state index contributed by atoms with van der Waals surface area (Å²) in [5.41, 5.74) is 5.05. The van der Waals surface area contributed by atoms with Crippen LogP contribution in [-0.2, 0) is 0 Å². The molecule has 0 bridgehead atoms. The number of nitrogens with one attached hydrogen (secondary N) is 3. The van der Waals surface area contributed by atoms with E-state index in [2.05, 4.69) is 20.5 Å². The van der Waals surface area contributed by atoms with Crippen molar-refractivity contribution in [3.05, 3.63) is 101 Å². The minimum Gasteiger partial charge on any atom is -0.393 e. The van der Waals surface area contributed by atoms with Crippen molar-refractivity contribution in [1.82, 2.24) is 4.98 Å². The minimum absolute atomic E-state index is 0.135. The van der Waals surface area contributed by atoms with Gasteiger partial charge in [-0.15, -0.1) is 0 Å². The number of hydrogen-bond donors (Lipinski definition) is 4. The standard InChI is InChI=1S/C30H30ClN5O3/c1-35(30(39)21-12-15-32-19-21)25-10-11-28(27(31)18-25)33-22-4-6-23(7-5-22)34-29(38)20-2-8-24(9-3-20)36-16-13-26(37)14-17-36/h2-12,15,18-19,26,32-33,37H,13-14,16-17H2,1H3,(H,34,38). The monoisotopic (exact) mass is 543 g/mol. The molecule has 4 N–H and O–H groups in total. The molecule has 2 amide bonds. The molecule has 0 atom stereocenters. The van der Waals surface area contributed by atoms with Crippen molar-refractivity contribution in [3.63, 3.8) is 0 Å². The van der Waals surface area contributed by atoms with E-state index in [1.165, 1.54) is 0 Å². The quantitative estimate of drug-likeness (QED) is 0.232. The Morgan fingerprint density at radius 2 is 1.64 bits per heavy atom. The highest BCUT2D eigenvalue weighted by Gasteiger charge is 2.18. The number of amides is 2. The third-order valence-electron chi connectivity index (χ3n) is 6.87. The molecule has 0 saturated carbocycles. The SMILES string of the molecule is CN(C(=O)c1cc[nH]c1)c1ccc(Nc2ccc(NC(=O)c3ccc(N4CCC(O)CC4)cc3)cc2)c(Cl)c1. The minimum atomic E-state index is -0.218. The van der Waals surface area contributed by atoms with Crippen molar-refractivity contribution >= 4 is 51.9 Å². The van der Waals surface area contributed by atoms with E-state index < -0.39 is 0 Å². The van der Waals surface area contributed by atoms with Gasteiger partial charge in [0.15, 0.2) is 0 Å². The van der Waals surface area contributed by atoms with Gasteiger partial charge >= 0.3 is 0 Å². The second kappa shape index (κ2) is 11.6. The lowest BCUT2D eigenvalue weighted by Gasteiger charge is -2.31. The van der Waals surface area contributed by atoms with Crippen molar-refractivity contribution in [2.24, 2.45) is 0 Å². The second-order valence-corrected chi connectivity index (χ2v) is 9.96. The zero-order valence-corrected chi connectivity index (χ0v) is 22.3. The first-order chi connectivity index (χ1) is 18.9. The molecule has 0 spiro atoms. The van der Waals surface area contributed by atoms with E-state index in [9.17, 15) is 14.7 Å². The third kappa shape index (κ3) is 6.25. The van der Waals surface area contributed by atoms with Gasteiger partial charge in [-0.25, -0.2) is 0 Å². The van der Waals surface area contributed by atoms with Gasteiger partial charge in [0.2, 0.25) is 0 Å². The van der Waals surface area contributed by atoms with Gasteiger partial charge in [0.1, 0.15) is 0 Å². The number of halogens is 1. The summed E-state index contributed by atoms with van der Waals surface area (Å²) in [4.78, 5) is 32.0. The molecule has 0 radical (unpaired) electrons. The number of aliphatic hydroxyl groups excluding tert-OH is 1. The van der Waals surface area contributed by atoms with E-state index >= 15 is 0 Å². The van der Waals surface area contributed by atoms with Crippen molar-refractivity contribution < 1.29 is 14.7 Å².